The molecule has 0 radical (unpaired) electrons. The summed E-state index contributed by atoms with van der Waals surface area (Å²) >= 11 is 0. The van der Waals surface area contributed by atoms with Crippen LogP contribution in [0.3, 0.4) is 0 Å². The zero-order valence-electron chi connectivity index (χ0n) is 14.5. The Morgan fingerprint density at radius 1 is 1.15 bits per heavy atom. The van der Waals surface area contributed by atoms with Crippen molar-refractivity contribution in [2.45, 2.75) is 12.8 Å². The molecule has 2 amide bonds. The van der Waals surface area contributed by atoms with Crippen molar-refractivity contribution < 1.29 is 14.3 Å². The fourth-order valence-corrected chi connectivity index (χ4v) is 3.00. The van der Waals surface area contributed by atoms with Crippen LogP contribution in [-0.2, 0) is 22.4 Å². The molecule has 0 saturated carbocycles. The van der Waals surface area contributed by atoms with Gasteiger partial charge in [-0.05, 0) is 35.8 Å². The lowest BCUT2D eigenvalue weighted by molar-refractivity contribution is -0.120. The average Bonchev–Trinajstić information content (AvgIpc) is 2.67. The number of hydrogen-bond acceptors (Lipinski definition) is 3. The van der Waals surface area contributed by atoms with Crippen molar-refractivity contribution in [3.8, 4) is 5.75 Å². The molecule has 26 heavy (non-hydrogen) atoms. The first-order chi connectivity index (χ1) is 12.7. The van der Waals surface area contributed by atoms with E-state index < -0.39 is 0 Å². The maximum Gasteiger partial charge on any atom is 0.247 e. The van der Waals surface area contributed by atoms with Crippen LogP contribution in [-0.4, -0.2) is 25.0 Å². The molecule has 2 aromatic rings. The lowest BCUT2D eigenvalue weighted by Crippen LogP contribution is -2.35. The van der Waals surface area contributed by atoms with E-state index in [9.17, 15) is 9.59 Å². The van der Waals surface area contributed by atoms with E-state index in [0.29, 0.717) is 18.8 Å². The number of ether oxygens (including phenoxy) is 1. The predicted octanol–water partition coefficient (Wildman–Crippen LogP) is 2.72. The van der Waals surface area contributed by atoms with Crippen LogP contribution >= 0.6 is 0 Å². The first-order valence-electron chi connectivity index (χ1n) is 8.64. The summed E-state index contributed by atoms with van der Waals surface area (Å²) < 4.78 is 5.75. The standard InChI is InChI=1S/C21H22N2O3/c1-2-20(24)23-18-9-5-3-7-16(18)12-21(25)22-13-15-11-17-8-4-6-10-19(17)26-14-15/h2-10,15H,1,11-14H2,(H,22,25)(H,23,24). The molecule has 5 nitrogen and oxygen atoms in total. The summed E-state index contributed by atoms with van der Waals surface area (Å²) in [5.74, 6) is 0.812. The fourth-order valence-electron chi connectivity index (χ4n) is 3.00. The molecule has 1 aliphatic rings. The SMILES string of the molecule is C=CC(=O)Nc1ccccc1CC(=O)NCC1COc2ccccc2C1. The van der Waals surface area contributed by atoms with Gasteiger partial charge < -0.3 is 15.4 Å². The van der Waals surface area contributed by atoms with Gasteiger partial charge in [-0.15, -0.1) is 0 Å². The highest BCUT2D eigenvalue weighted by atomic mass is 16.5. The third-order valence-electron chi connectivity index (χ3n) is 4.36. The van der Waals surface area contributed by atoms with E-state index in [4.69, 9.17) is 4.74 Å². The van der Waals surface area contributed by atoms with E-state index in [0.717, 1.165) is 17.7 Å². The minimum absolute atomic E-state index is 0.0795. The molecule has 2 aromatic carbocycles. The Labute approximate surface area is 153 Å². The van der Waals surface area contributed by atoms with E-state index >= 15 is 0 Å². The van der Waals surface area contributed by atoms with Gasteiger partial charge in [-0.25, -0.2) is 0 Å². The second kappa shape index (κ2) is 8.34. The Morgan fingerprint density at radius 2 is 1.92 bits per heavy atom. The van der Waals surface area contributed by atoms with Crippen LogP contribution < -0.4 is 15.4 Å². The van der Waals surface area contributed by atoms with Gasteiger partial charge in [0, 0.05) is 18.2 Å². The number of rotatable bonds is 6. The normalized spacial score (nSPS) is 15.3. The maximum atomic E-state index is 12.3. The van der Waals surface area contributed by atoms with E-state index in [1.54, 1.807) is 6.07 Å². The van der Waals surface area contributed by atoms with Gasteiger partial charge in [0.1, 0.15) is 5.75 Å². The Morgan fingerprint density at radius 3 is 2.77 bits per heavy atom. The van der Waals surface area contributed by atoms with Gasteiger partial charge in [-0.1, -0.05) is 43.0 Å². The second-order valence-electron chi connectivity index (χ2n) is 6.32. The van der Waals surface area contributed by atoms with E-state index in [1.807, 2.05) is 36.4 Å². The molecular weight excluding hydrogens is 328 g/mol. The van der Waals surface area contributed by atoms with Crippen molar-refractivity contribution in [1.82, 2.24) is 5.32 Å². The lowest BCUT2D eigenvalue weighted by Gasteiger charge is -2.25. The van der Waals surface area contributed by atoms with Crippen LogP contribution in [0.2, 0.25) is 0 Å². The first kappa shape index (κ1) is 17.7. The minimum Gasteiger partial charge on any atom is -0.493 e. The highest BCUT2D eigenvalue weighted by Crippen LogP contribution is 2.26. The molecule has 3 rings (SSSR count). The molecule has 0 spiro atoms. The number of fused-ring (bicyclic) bond motifs is 1. The number of para-hydroxylation sites is 2. The Bertz CT molecular complexity index is 816. The van der Waals surface area contributed by atoms with Gasteiger partial charge in [0.05, 0.1) is 13.0 Å². The Balaban J connectivity index is 1.54. The number of carbonyl (C=O) groups excluding carboxylic acids is 2. The molecule has 134 valence electrons. The highest BCUT2D eigenvalue weighted by Gasteiger charge is 2.20. The van der Waals surface area contributed by atoms with Gasteiger partial charge in [0.25, 0.3) is 0 Å². The van der Waals surface area contributed by atoms with Crippen LogP contribution in [0.1, 0.15) is 11.1 Å². The quantitative estimate of drug-likeness (QED) is 0.787. The smallest absolute Gasteiger partial charge is 0.247 e. The number of benzene rings is 2. The Hall–Kier alpha value is -3.08. The number of hydrogen-bond donors (Lipinski definition) is 2. The van der Waals surface area contributed by atoms with Gasteiger partial charge in [0.2, 0.25) is 11.8 Å². The van der Waals surface area contributed by atoms with Crippen LogP contribution in [0.4, 0.5) is 5.69 Å². The molecular formula is C21H22N2O3. The van der Waals surface area contributed by atoms with Crippen LogP contribution in [0, 0.1) is 5.92 Å². The van der Waals surface area contributed by atoms with Crippen molar-refractivity contribution in [2.24, 2.45) is 5.92 Å². The van der Waals surface area contributed by atoms with Crippen LogP contribution in [0.5, 0.6) is 5.75 Å². The number of anilines is 1. The molecule has 1 atom stereocenters. The zero-order valence-corrected chi connectivity index (χ0v) is 14.5. The van der Waals surface area contributed by atoms with Crippen LogP contribution in [0.25, 0.3) is 0 Å². The molecule has 5 heteroatoms. The van der Waals surface area contributed by atoms with E-state index in [1.165, 1.54) is 11.6 Å². The summed E-state index contributed by atoms with van der Waals surface area (Å²) in [5.41, 5.74) is 2.57. The minimum atomic E-state index is -0.295. The lowest BCUT2D eigenvalue weighted by atomic mass is 9.96. The summed E-state index contributed by atoms with van der Waals surface area (Å²) in [7, 11) is 0. The topological polar surface area (TPSA) is 67.4 Å². The molecule has 0 aliphatic carbocycles. The van der Waals surface area contributed by atoms with Crippen molar-refractivity contribution in [2.75, 3.05) is 18.5 Å². The molecule has 0 saturated heterocycles. The number of carbonyl (C=O) groups is 2. The van der Waals surface area contributed by atoms with Gasteiger partial charge in [-0.2, -0.15) is 0 Å². The average molecular weight is 350 g/mol. The fraction of sp³-hybridized carbons (Fsp3) is 0.238. The van der Waals surface area contributed by atoms with Crippen molar-refractivity contribution >= 4 is 17.5 Å². The van der Waals surface area contributed by atoms with Gasteiger partial charge in [0.15, 0.2) is 0 Å². The summed E-state index contributed by atoms with van der Waals surface area (Å²) in [5, 5.41) is 5.70. The summed E-state index contributed by atoms with van der Waals surface area (Å²) in [4.78, 5) is 23.8. The van der Waals surface area contributed by atoms with E-state index in [2.05, 4.69) is 23.3 Å². The monoisotopic (exact) mass is 350 g/mol. The van der Waals surface area contributed by atoms with Crippen molar-refractivity contribution in [3.63, 3.8) is 0 Å². The molecule has 0 aromatic heterocycles. The molecule has 1 heterocycles. The maximum absolute atomic E-state index is 12.3. The third-order valence-corrected chi connectivity index (χ3v) is 4.36. The third kappa shape index (κ3) is 4.51. The summed E-state index contributed by atoms with van der Waals surface area (Å²) in [6, 6.07) is 15.3. The Kier molecular flexibility index (Phi) is 5.69. The van der Waals surface area contributed by atoms with Crippen molar-refractivity contribution in [1.29, 1.82) is 0 Å². The molecule has 0 fully saturated rings. The van der Waals surface area contributed by atoms with Crippen LogP contribution in [0.15, 0.2) is 61.2 Å². The summed E-state index contributed by atoms with van der Waals surface area (Å²) in [6.07, 6.45) is 2.30. The predicted molar refractivity (Wildman–Crippen MR) is 101 cm³/mol. The molecule has 1 unspecified atom stereocenters. The van der Waals surface area contributed by atoms with Gasteiger partial charge in [-0.3, -0.25) is 9.59 Å². The number of nitrogens with one attached hydrogen (secondary N) is 2. The highest BCUT2D eigenvalue weighted by molar-refractivity contribution is 5.99. The second-order valence-corrected chi connectivity index (χ2v) is 6.32. The first-order valence-corrected chi connectivity index (χ1v) is 8.64. The zero-order chi connectivity index (χ0) is 18.4. The van der Waals surface area contributed by atoms with Crippen molar-refractivity contribution in [3.05, 3.63) is 72.3 Å². The molecule has 1 aliphatic heterocycles. The largest absolute Gasteiger partial charge is 0.493 e. The number of amides is 2. The summed E-state index contributed by atoms with van der Waals surface area (Å²) in [6.45, 7) is 4.61. The van der Waals surface area contributed by atoms with E-state index in [-0.39, 0.29) is 24.2 Å². The van der Waals surface area contributed by atoms with Gasteiger partial charge >= 0.3 is 0 Å². The molecule has 0 bridgehead atoms. The molecule has 2 N–H and O–H groups in total.